The summed E-state index contributed by atoms with van der Waals surface area (Å²) in [4.78, 5) is 0. The lowest BCUT2D eigenvalue weighted by molar-refractivity contribution is -0.158. The Balaban J connectivity index is 3.63. The summed E-state index contributed by atoms with van der Waals surface area (Å²) in [5.41, 5.74) is 0. The van der Waals surface area contributed by atoms with Crippen molar-refractivity contribution in [2.45, 2.75) is 45.8 Å². The van der Waals surface area contributed by atoms with Gasteiger partial charge < -0.3 is 10.2 Å². The van der Waals surface area contributed by atoms with Gasteiger partial charge in [-0.15, -0.1) is 0 Å². The molecule has 0 bridgehead atoms. The molecule has 0 amide bonds. The smallest absolute Gasteiger partial charge is 0.159 e. The van der Waals surface area contributed by atoms with E-state index in [9.17, 15) is 0 Å². The molecule has 0 aromatic rings. The summed E-state index contributed by atoms with van der Waals surface area (Å²) >= 11 is 0. The number of rotatable bonds is 4. The Morgan fingerprint density at radius 1 is 1.20 bits per heavy atom. The van der Waals surface area contributed by atoms with E-state index in [0.29, 0.717) is 12.3 Å². The van der Waals surface area contributed by atoms with Crippen LogP contribution in [0, 0.1) is 5.92 Å². The maximum absolute atomic E-state index is 9.01. The lowest BCUT2D eigenvalue weighted by Crippen LogP contribution is -2.26. The summed E-state index contributed by atoms with van der Waals surface area (Å²) in [5, 5.41) is 18.0. The highest BCUT2D eigenvalue weighted by atomic mass is 16.5. The molecule has 0 aliphatic carbocycles. The molecule has 0 rings (SSSR count). The van der Waals surface area contributed by atoms with E-state index in [1.165, 1.54) is 6.92 Å². The predicted molar refractivity (Wildman–Crippen MR) is 41.5 cm³/mol. The molecule has 0 saturated carbocycles. The quantitative estimate of drug-likeness (QED) is 0.590. The standard InChI is InChI=1S/C8H18O2/c1-4-7(5-2)6-8(3,9)10/h7,9-10H,4-6H2,1-3H3. The van der Waals surface area contributed by atoms with Crippen LogP contribution in [0.15, 0.2) is 0 Å². The largest absolute Gasteiger partial charge is 0.366 e. The fraction of sp³-hybridized carbons (Fsp3) is 1.00. The van der Waals surface area contributed by atoms with Crippen molar-refractivity contribution < 1.29 is 10.2 Å². The van der Waals surface area contributed by atoms with Crippen LogP contribution in [0.4, 0.5) is 0 Å². The zero-order valence-corrected chi connectivity index (χ0v) is 7.09. The summed E-state index contributed by atoms with van der Waals surface area (Å²) in [6.07, 6.45) is 2.53. The average Bonchev–Trinajstić information content (AvgIpc) is 1.81. The Hall–Kier alpha value is -0.0800. The maximum atomic E-state index is 9.01. The number of hydrogen-bond donors (Lipinski definition) is 2. The van der Waals surface area contributed by atoms with Crippen LogP contribution < -0.4 is 0 Å². The lowest BCUT2D eigenvalue weighted by atomic mass is 9.95. The van der Waals surface area contributed by atoms with Gasteiger partial charge in [0.05, 0.1) is 0 Å². The molecule has 0 unspecified atom stereocenters. The van der Waals surface area contributed by atoms with Gasteiger partial charge in [0.1, 0.15) is 0 Å². The van der Waals surface area contributed by atoms with Crippen LogP contribution in [0.5, 0.6) is 0 Å². The Morgan fingerprint density at radius 3 is 1.70 bits per heavy atom. The first-order valence-electron chi connectivity index (χ1n) is 3.94. The van der Waals surface area contributed by atoms with E-state index < -0.39 is 5.79 Å². The zero-order valence-electron chi connectivity index (χ0n) is 7.09. The molecule has 2 N–H and O–H groups in total. The van der Waals surface area contributed by atoms with Gasteiger partial charge in [0.15, 0.2) is 5.79 Å². The van der Waals surface area contributed by atoms with Gasteiger partial charge in [-0.05, 0) is 12.8 Å². The minimum absolute atomic E-state index is 0.444. The average molecular weight is 146 g/mol. The Kier molecular flexibility index (Phi) is 3.91. The first kappa shape index (κ1) is 9.92. The second kappa shape index (κ2) is 3.94. The highest BCUT2D eigenvalue weighted by Crippen LogP contribution is 2.19. The second-order valence-corrected chi connectivity index (χ2v) is 3.10. The van der Waals surface area contributed by atoms with Gasteiger partial charge in [-0.1, -0.05) is 26.7 Å². The van der Waals surface area contributed by atoms with Gasteiger partial charge in [0.2, 0.25) is 0 Å². The summed E-state index contributed by atoms with van der Waals surface area (Å²) < 4.78 is 0. The molecule has 0 aromatic carbocycles. The van der Waals surface area contributed by atoms with Crippen molar-refractivity contribution in [2.75, 3.05) is 0 Å². The van der Waals surface area contributed by atoms with E-state index in [0.717, 1.165) is 12.8 Å². The highest BCUT2D eigenvalue weighted by molar-refractivity contribution is 4.63. The van der Waals surface area contributed by atoms with Gasteiger partial charge in [0, 0.05) is 6.42 Å². The summed E-state index contributed by atoms with van der Waals surface area (Å²) in [6.45, 7) is 5.57. The molecule has 10 heavy (non-hydrogen) atoms. The van der Waals surface area contributed by atoms with Gasteiger partial charge in [-0.3, -0.25) is 0 Å². The van der Waals surface area contributed by atoms with Gasteiger partial charge in [-0.2, -0.15) is 0 Å². The summed E-state index contributed by atoms with van der Waals surface area (Å²) in [5.74, 6) is -1.03. The minimum Gasteiger partial charge on any atom is -0.366 e. The Labute approximate surface area is 62.9 Å². The van der Waals surface area contributed by atoms with Gasteiger partial charge in [0.25, 0.3) is 0 Å². The fourth-order valence-electron chi connectivity index (χ4n) is 1.12. The van der Waals surface area contributed by atoms with E-state index in [2.05, 4.69) is 13.8 Å². The molecule has 2 nitrogen and oxygen atoms in total. The summed E-state index contributed by atoms with van der Waals surface area (Å²) in [7, 11) is 0. The first-order chi connectivity index (χ1) is 4.49. The molecule has 0 spiro atoms. The minimum atomic E-state index is -1.48. The molecule has 0 aliphatic heterocycles. The van der Waals surface area contributed by atoms with Crippen LogP contribution in [0.25, 0.3) is 0 Å². The van der Waals surface area contributed by atoms with Crippen molar-refractivity contribution in [1.82, 2.24) is 0 Å². The van der Waals surface area contributed by atoms with E-state index in [-0.39, 0.29) is 0 Å². The topological polar surface area (TPSA) is 40.5 Å². The molecule has 0 fully saturated rings. The lowest BCUT2D eigenvalue weighted by Gasteiger charge is -2.21. The molecule has 0 saturated heterocycles. The van der Waals surface area contributed by atoms with E-state index in [1.54, 1.807) is 0 Å². The normalized spacial score (nSPS) is 12.6. The van der Waals surface area contributed by atoms with Crippen LogP contribution >= 0.6 is 0 Å². The molecular formula is C8H18O2. The second-order valence-electron chi connectivity index (χ2n) is 3.10. The third-order valence-electron chi connectivity index (χ3n) is 1.83. The van der Waals surface area contributed by atoms with E-state index in [1.807, 2.05) is 0 Å². The molecule has 2 heteroatoms. The third-order valence-corrected chi connectivity index (χ3v) is 1.83. The molecule has 0 radical (unpaired) electrons. The fourth-order valence-corrected chi connectivity index (χ4v) is 1.12. The first-order valence-corrected chi connectivity index (χ1v) is 3.94. The van der Waals surface area contributed by atoms with Crippen molar-refractivity contribution in [3.63, 3.8) is 0 Å². The van der Waals surface area contributed by atoms with Crippen LogP contribution in [0.2, 0.25) is 0 Å². The van der Waals surface area contributed by atoms with Gasteiger partial charge >= 0.3 is 0 Å². The monoisotopic (exact) mass is 146 g/mol. The highest BCUT2D eigenvalue weighted by Gasteiger charge is 2.19. The third kappa shape index (κ3) is 4.77. The zero-order chi connectivity index (χ0) is 8.20. The van der Waals surface area contributed by atoms with Crippen LogP contribution in [0.1, 0.15) is 40.0 Å². The molecule has 62 valence electrons. The van der Waals surface area contributed by atoms with Crippen molar-refractivity contribution in [1.29, 1.82) is 0 Å². The SMILES string of the molecule is CCC(CC)CC(C)(O)O. The molecule has 0 heterocycles. The summed E-state index contributed by atoms with van der Waals surface area (Å²) in [6, 6.07) is 0. The van der Waals surface area contributed by atoms with Crippen LogP contribution in [-0.2, 0) is 0 Å². The Bertz CT molecular complexity index is 79.7. The van der Waals surface area contributed by atoms with Crippen molar-refractivity contribution in [3.8, 4) is 0 Å². The van der Waals surface area contributed by atoms with Gasteiger partial charge in [-0.25, -0.2) is 0 Å². The number of hydrogen-bond acceptors (Lipinski definition) is 2. The molecule has 0 aliphatic rings. The van der Waals surface area contributed by atoms with E-state index >= 15 is 0 Å². The molecule has 0 atom stereocenters. The number of aliphatic hydroxyl groups is 2. The molecular weight excluding hydrogens is 128 g/mol. The van der Waals surface area contributed by atoms with Crippen molar-refractivity contribution in [2.24, 2.45) is 5.92 Å². The van der Waals surface area contributed by atoms with Crippen molar-refractivity contribution in [3.05, 3.63) is 0 Å². The van der Waals surface area contributed by atoms with Crippen LogP contribution in [0.3, 0.4) is 0 Å². The maximum Gasteiger partial charge on any atom is 0.159 e. The van der Waals surface area contributed by atoms with E-state index in [4.69, 9.17) is 10.2 Å². The predicted octanol–water partition coefficient (Wildman–Crippen LogP) is 1.51. The molecule has 0 aromatic heterocycles. The Morgan fingerprint density at radius 2 is 1.60 bits per heavy atom. The van der Waals surface area contributed by atoms with Crippen molar-refractivity contribution >= 4 is 0 Å². The van der Waals surface area contributed by atoms with Crippen LogP contribution in [-0.4, -0.2) is 16.0 Å².